The molecular formula is C58H52N14S2. The number of aromatic nitrogens is 12. The summed E-state index contributed by atoms with van der Waals surface area (Å²) in [5.41, 5.74) is 20.6. The zero-order valence-electron chi connectivity index (χ0n) is 41.5. The number of allylic oxidation sites excluding steroid dienone is 2. The summed E-state index contributed by atoms with van der Waals surface area (Å²) in [5.74, 6) is 0. The average molecular weight is 1010 g/mol. The monoisotopic (exact) mass is 1010 g/mol. The average Bonchev–Trinajstić information content (AvgIpc) is 4.28. The van der Waals surface area contributed by atoms with E-state index in [1.165, 1.54) is 5.56 Å². The van der Waals surface area contributed by atoms with E-state index in [1.807, 2.05) is 91.6 Å². The summed E-state index contributed by atoms with van der Waals surface area (Å²) in [4.78, 5) is 37.3. The molecule has 0 saturated carbocycles. The number of thioether (sulfide) groups is 1. The zero-order chi connectivity index (χ0) is 50.7. The highest BCUT2D eigenvalue weighted by atomic mass is 32.2. The maximum atomic E-state index is 4.99. The van der Waals surface area contributed by atoms with Crippen LogP contribution in [0.3, 0.4) is 0 Å². The molecule has 0 bridgehead atoms. The highest BCUT2D eigenvalue weighted by molar-refractivity contribution is 8.02. The molecule has 0 aliphatic heterocycles. The van der Waals surface area contributed by atoms with Gasteiger partial charge in [0.2, 0.25) is 0 Å². The van der Waals surface area contributed by atoms with Gasteiger partial charge in [-0.1, -0.05) is 50.8 Å². The van der Waals surface area contributed by atoms with Crippen molar-refractivity contribution in [2.45, 2.75) is 39.0 Å². The minimum Gasteiger partial charge on any atom is -0.358 e. The second-order valence-electron chi connectivity index (χ2n) is 18.6. The van der Waals surface area contributed by atoms with Gasteiger partial charge in [-0.3, -0.25) is 30.1 Å². The normalized spacial score (nSPS) is 11.9. The van der Waals surface area contributed by atoms with Crippen LogP contribution in [0.25, 0.3) is 106 Å². The van der Waals surface area contributed by atoms with Crippen LogP contribution in [0.4, 0.5) is 5.69 Å². The van der Waals surface area contributed by atoms with E-state index in [9.17, 15) is 0 Å². The van der Waals surface area contributed by atoms with E-state index in [0.29, 0.717) is 5.25 Å². The van der Waals surface area contributed by atoms with E-state index in [0.717, 1.165) is 142 Å². The van der Waals surface area contributed by atoms with Crippen LogP contribution in [-0.2, 0) is 13.0 Å². The lowest BCUT2D eigenvalue weighted by Crippen LogP contribution is -2.10. The molecular weight excluding hydrogens is 957 g/mol. The second kappa shape index (κ2) is 20.9. The molecule has 5 N–H and O–H groups in total. The van der Waals surface area contributed by atoms with E-state index >= 15 is 0 Å². The SMILES string of the molecule is C/C(=C\SC(C)C)c1nccc2[nH]c(-c3n[nH]c4ccc(-c5cncc(CN(C)C)c5)nc34)cc12.C=C(Cc1ccccc1)Nc1cncc(-c2ccc3[nH]nc(-c4cc5c(-c6ccsc6)nccc5[nH]4)c3n2)c1. The molecule has 0 atom stereocenters. The highest BCUT2D eigenvalue weighted by Crippen LogP contribution is 2.36. The van der Waals surface area contributed by atoms with Crippen LogP contribution >= 0.6 is 23.1 Å². The van der Waals surface area contributed by atoms with Crippen LogP contribution in [0, 0.1) is 0 Å². The molecule has 0 saturated heterocycles. The van der Waals surface area contributed by atoms with Gasteiger partial charge >= 0.3 is 0 Å². The third kappa shape index (κ3) is 10.2. The fourth-order valence-corrected chi connectivity index (χ4v) is 10.1. The number of hydrogen-bond acceptors (Lipinski definition) is 12. The Labute approximate surface area is 435 Å². The topological polar surface area (TPSA) is 182 Å². The van der Waals surface area contributed by atoms with Crippen molar-refractivity contribution in [3.05, 3.63) is 180 Å². The van der Waals surface area contributed by atoms with Gasteiger partial charge in [-0.25, -0.2) is 9.97 Å². The Morgan fingerprint density at radius 3 is 2.00 bits per heavy atom. The molecule has 14 nitrogen and oxygen atoms in total. The predicted octanol–water partition coefficient (Wildman–Crippen LogP) is 13.6. The first kappa shape index (κ1) is 47.7. The first-order valence-corrected chi connectivity index (χ1v) is 26.0. The summed E-state index contributed by atoms with van der Waals surface area (Å²) in [7, 11) is 4.10. The maximum absolute atomic E-state index is 4.99. The van der Waals surface area contributed by atoms with Gasteiger partial charge < -0.3 is 20.2 Å². The molecule has 0 aliphatic carbocycles. The van der Waals surface area contributed by atoms with Crippen molar-refractivity contribution in [1.82, 2.24) is 65.2 Å². The maximum Gasteiger partial charge on any atom is 0.135 e. The second-order valence-corrected chi connectivity index (χ2v) is 20.8. The number of nitrogens with one attached hydrogen (secondary N) is 5. The van der Waals surface area contributed by atoms with Gasteiger partial charge in [-0.15, -0.1) is 11.8 Å². The molecule has 0 radical (unpaired) electrons. The number of aromatic amines is 4. The summed E-state index contributed by atoms with van der Waals surface area (Å²) >= 11 is 3.47. The first-order chi connectivity index (χ1) is 36.1. The number of pyridine rings is 6. The van der Waals surface area contributed by atoms with Crippen molar-refractivity contribution >= 4 is 78.2 Å². The first-order valence-electron chi connectivity index (χ1n) is 24.1. The van der Waals surface area contributed by atoms with E-state index in [4.69, 9.17) is 9.97 Å². The minimum absolute atomic E-state index is 0.528. The van der Waals surface area contributed by atoms with Gasteiger partial charge in [-0.2, -0.15) is 21.5 Å². The van der Waals surface area contributed by atoms with Crippen molar-refractivity contribution in [2.75, 3.05) is 19.4 Å². The Bertz CT molecular complexity index is 3980. The number of fused-ring (bicyclic) bond motifs is 4. The summed E-state index contributed by atoms with van der Waals surface area (Å²) in [5, 5.41) is 27.9. The van der Waals surface area contributed by atoms with Gasteiger partial charge in [0, 0.05) is 98.8 Å². The van der Waals surface area contributed by atoms with Gasteiger partial charge in [0.05, 0.1) is 57.1 Å². The molecule has 11 aromatic heterocycles. The van der Waals surface area contributed by atoms with E-state index in [-0.39, 0.29) is 0 Å². The number of nitrogens with zero attached hydrogens (tertiary/aromatic N) is 9. The van der Waals surface area contributed by atoms with E-state index in [2.05, 4.69) is 155 Å². The van der Waals surface area contributed by atoms with Crippen LogP contribution in [-0.4, -0.2) is 84.5 Å². The number of benzene rings is 1. The molecule has 12 rings (SSSR count). The lowest BCUT2D eigenvalue weighted by molar-refractivity contribution is 0.402. The Kier molecular flexibility index (Phi) is 13.5. The lowest BCUT2D eigenvalue weighted by Gasteiger charge is -2.11. The summed E-state index contributed by atoms with van der Waals surface area (Å²) in [6.45, 7) is 11.5. The van der Waals surface area contributed by atoms with Gasteiger partial charge in [0.1, 0.15) is 22.4 Å². The molecule has 366 valence electrons. The van der Waals surface area contributed by atoms with Crippen molar-refractivity contribution in [3.63, 3.8) is 0 Å². The standard InChI is InChI=1S/C31H23N7S.C27H29N7S/c1-19(13-20-5-3-2-4-6-20)34-23-14-22(16-32-17-23)25-7-8-27-30(36-25)31(38-37-27)28-15-24-26(35-28)9-11-33-29(24)21-10-12-39-18-21;1-16(2)35-15-17(3)25-20-11-24(30-22(20)8-9-29-25)27-26-23(32-33-27)7-6-21(31-26)19-10-18(12-28-13-19)14-34(4)5/h2-12,14-18,34-35H,1,13H2,(H,37,38);6-13,15-16,30H,14H2,1-5H3,(H,32,33)/b;17-15+. The van der Waals surface area contributed by atoms with Gasteiger partial charge in [0.25, 0.3) is 0 Å². The molecule has 74 heavy (non-hydrogen) atoms. The Hall–Kier alpha value is -8.57. The third-order valence-corrected chi connectivity index (χ3v) is 14.0. The lowest BCUT2D eigenvalue weighted by atomic mass is 10.1. The number of H-pyrrole nitrogens is 4. The van der Waals surface area contributed by atoms with Gasteiger partial charge in [0.15, 0.2) is 0 Å². The van der Waals surface area contributed by atoms with Crippen molar-refractivity contribution in [2.24, 2.45) is 0 Å². The van der Waals surface area contributed by atoms with Crippen molar-refractivity contribution < 1.29 is 0 Å². The fraction of sp³-hybridized carbons (Fsp3) is 0.138. The molecule has 0 aliphatic rings. The molecule has 11 heterocycles. The van der Waals surface area contributed by atoms with Crippen molar-refractivity contribution in [1.29, 1.82) is 0 Å². The number of thiophene rings is 1. The largest absolute Gasteiger partial charge is 0.358 e. The summed E-state index contributed by atoms with van der Waals surface area (Å²) in [6, 6.07) is 32.8. The van der Waals surface area contributed by atoms with Crippen LogP contribution in [0.5, 0.6) is 0 Å². The van der Waals surface area contributed by atoms with Gasteiger partial charge in [-0.05, 0) is 115 Å². The highest BCUT2D eigenvalue weighted by Gasteiger charge is 2.19. The van der Waals surface area contributed by atoms with E-state index in [1.54, 1.807) is 29.3 Å². The third-order valence-electron chi connectivity index (χ3n) is 12.3. The minimum atomic E-state index is 0.528. The van der Waals surface area contributed by atoms with Crippen LogP contribution in [0.1, 0.15) is 37.6 Å². The number of rotatable bonds is 14. The molecule has 12 aromatic rings. The fourth-order valence-electron chi connectivity index (χ4n) is 8.91. The Morgan fingerprint density at radius 1 is 0.689 bits per heavy atom. The Morgan fingerprint density at radius 2 is 1.34 bits per heavy atom. The van der Waals surface area contributed by atoms with Crippen LogP contribution < -0.4 is 5.32 Å². The summed E-state index contributed by atoms with van der Waals surface area (Å²) < 4.78 is 0. The number of hydrogen-bond donors (Lipinski definition) is 5. The van der Waals surface area contributed by atoms with Crippen molar-refractivity contribution in [3.8, 4) is 56.5 Å². The quantitative estimate of drug-likeness (QED) is 0.0699. The number of anilines is 1. The molecule has 0 spiro atoms. The molecule has 0 amide bonds. The molecule has 16 heteroatoms. The van der Waals surface area contributed by atoms with E-state index < -0.39 is 0 Å². The summed E-state index contributed by atoms with van der Waals surface area (Å²) in [6.07, 6.45) is 11.8. The van der Waals surface area contributed by atoms with Crippen LogP contribution in [0.15, 0.2) is 163 Å². The molecule has 0 unspecified atom stereocenters. The van der Waals surface area contributed by atoms with Crippen LogP contribution in [0.2, 0.25) is 0 Å². The molecule has 0 fully saturated rings. The Balaban J connectivity index is 0.000000160. The zero-order valence-corrected chi connectivity index (χ0v) is 43.1. The predicted molar refractivity (Wildman–Crippen MR) is 304 cm³/mol. The molecule has 1 aromatic carbocycles. The smallest absolute Gasteiger partial charge is 0.135 e.